The summed E-state index contributed by atoms with van der Waals surface area (Å²) in [5.74, 6) is 0.485. The zero-order valence-electron chi connectivity index (χ0n) is 15.8. The molecule has 1 aliphatic rings. The Morgan fingerprint density at radius 2 is 1.86 bits per heavy atom. The molecule has 3 amide bonds. The predicted molar refractivity (Wildman–Crippen MR) is 105 cm³/mol. The lowest BCUT2D eigenvalue weighted by molar-refractivity contribution is -0.117. The number of rotatable bonds is 7. The van der Waals surface area contributed by atoms with E-state index in [0.29, 0.717) is 31.7 Å². The monoisotopic (exact) mass is 385 g/mol. The number of halogens is 1. The minimum Gasteiger partial charge on any atom is -0.497 e. The number of ether oxygens (including phenoxy) is 1. The summed E-state index contributed by atoms with van der Waals surface area (Å²) in [4.78, 5) is 25.8. The molecule has 0 spiro atoms. The van der Waals surface area contributed by atoms with E-state index in [1.807, 2.05) is 24.3 Å². The fourth-order valence-corrected chi connectivity index (χ4v) is 3.20. The quantitative estimate of drug-likeness (QED) is 0.770. The van der Waals surface area contributed by atoms with Crippen molar-refractivity contribution in [2.45, 2.75) is 12.8 Å². The highest BCUT2D eigenvalue weighted by molar-refractivity contribution is 5.95. The van der Waals surface area contributed by atoms with Gasteiger partial charge in [-0.1, -0.05) is 12.1 Å². The molecular formula is C21H24FN3O3. The number of hydrogen-bond donors (Lipinski definition) is 2. The molecule has 2 aromatic carbocycles. The number of carbonyl (C=O) groups excluding carboxylic acids is 2. The van der Waals surface area contributed by atoms with Crippen LogP contribution in [0.5, 0.6) is 5.75 Å². The van der Waals surface area contributed by atoms with Gasteiger partial charge in [0, 0.05) is 37.7 Å². The van der Waals surface area contributed by atoms with Gasteiger partial charge in [-0.25, -0.2) is 9.18 Å². The zero-order chi connectivity index (χ0) is 19.9. The summed E-state index contributed by atoms with van der Waals surface area (Å²) in [6, 6.07) is 13.3. The van der Waals surface area contributed by atoms with Crippen LogP contribution in [0.15, 0.2) is 48.5 Å². The van der Waals surface area contributed by atoms with Crippen LogP contribution in [0.25, 0.3) is 0 Å². The molecule has 1 saturated heterocycles. The van der Waals surface area contributed by atoms with Gasteiger partial charge in [-0.15, -0.1) is 0 Å². The van der Waals surface area contributed by atoms with E-state index in [4.69, 9.17) is 4.74 Å². The molecule has 0 aliphatic carbocycles. The van der Waals surface area contributed by atoms with Crippen LogP contribution < -0.4 is 20.3 Å². The molecule has 1 fully saturated rings. The number of hydrogen-bond acceptors (Lipinski definition) is 3. The second-order valence-corrected chi connectivity index (χ2v) is 6.79. The van der Waals surface area contributed by atoms with Crippen LogP contribution in [0.3, 0.4) is 0 Å². The average molecular weight is 385 g/mol. The summed E-state index contributed by atoms with van der Waals surface area (Å²) in [5.41, 5.74) is 1.79. The maximum Gasteiger partial charge on any atom is 0.314 e. The fraction of sp³-hybridized carbons (Fsp3) is 0.333. The highest BCUT2D eigenvalue weighted by atomic mass is 19.1. The van der Waals surface area contributed by atoms with E-state index >= 15 is 0 Å². The van der Waals surface area contributed by atoms with Crippen molar-refractivity contribution in [1.29, 1.82) is 0 Å². The Hall–Kier alpha value is -3.09. The minimum atomic E-state index is -0.333. The Morgan fingerprint density at radius 3 is 2.54 bits per heavy atom. The van der Waals surface area contributed by atoms with Crippen molar-refractivity contribution in [3.8, 4) is 5.75 Å². The molecule has 3 rings (SSSR count). The van der Waals surface area contributed by atoms with Crippen molar-refractivity contribution in [2.24, 2.45) is 5.92 Å². The summed E-state index contributed by atoms with van der Waals surface area (Å²) in [6.45, 7) is 1.44. The van der Waals surface area contributed by atoms with Gasteiger partial charge in [0.2, 0.25) is 5.91 Å². The van der Waals surface area contributed by atoms with Crippen LogP contribution in [-0.2, 0) is 11.2 Å². The molecule has 6 nitrogen and oxygen atoms in total. The van der Waals surface area contributed by atoms with Crippen LogP contribution in [0, 0.1) is 11.7 Å². The first-order chi connectivity index (χ1) is 13.5. The fourth-order valence-electron chi connectivity index (χ4n) is 3.20. The van der Waals surface area contributed by atoms with Crippen LogP contribution in [0.4, 0.5) is 14.9 Å². The maximum absolute atomic E-state index is 13.0. The molecule has 0 aromatic heterocycles. The molecule has 1 atom stereocenters. The molecule has 28 heavy (non-hydrogen) atoms. The van der Waals surface area contributed by atoms with Gasteiger partial charge in [-0.3, -0.25) is 4.79 Å². The lowest BCUT2D eigenvalue weighted by atomic mass is 10.1. The smallest absolute Gasteiger partial charge is 0.314 e. The van der Waals surface area contributed by atoms with Crippen LogP contribution in [-0.4, -0.2) is 38.7 Å². The van der Waals surface area contributed by atoms with Crippen molar-refractivity contribution in [1.82, 2.24) is 10.6 Å². The minimum absolute atomic E-state index is 0.0154. The summed E-state index contributed by atoms with van der Waals surface area (Å²) < 4.78 is 18.2. The third-order valence-corrected chi connectivity index (χ3v) is 4.75. The Bertz CT molecular complexity index is 809. The van der Waals surface area contributed by atoms with Crippen LogP contribution >= 0.6 is 0 Å². The number of nitrogens with one attached hydrogen (secondary N) is 2. The SMILES string of the molecule is COc1ccc(CCNC(=O)NCC2CC(=O)N(c3ccc(F)cc3)C2)cc1. The van der Waals surface area contributed by atoms with E-state index in [1.54, 1.807) is 24.1 Å². The number of nitrogens with zero attached hydrogens (tertiary/aromatic N) is 1. The largest absolute Gasteiger partial charge is 0.497 e. The molecule has 1 unspecified atom stereocenters. The van der Waals surface area contributed by atoms with Gasteiger partial charge in [0.15, 0.2) is 0 Å². The number of amides is 3. The van der Waals surface area contributed by atoms with Gasteiger partial charge in [-0.05, 0) is 48.4 Å². The molecule has 0 saturated carbocycles. The molecule has 1 aliphatic heterocycles. The summed E-state index contributed by atoms with van der Waals surface area (Å²) >= 11 is 0. The molecular weight excluding hydrogens is 361 g/mol. The van der Waals surface area contributed by atoms with E-state index in [-0.39, 0.29) is 23.7 Å². The number of anilines is 1. The predicted octanol–water partition coefficient (Wildman–Crippen LogP) is 2.73. The highest BCUT2D eigenvalue weighted by Gasteiger charge is 2.30. The van der Waals surface area contributed by atoms with Gasteiger partial charge in [0.1, 0.15) is 11.6 Å². The molecule has 0 radical (unpaired) electrons. The normalized spacial score (nSPS) is 16.1. The van der Waals surface area contributed by atoms with E-state index in [1.165, 1.54) is 12.1 Å². The molecule has 7 heteroatoms. The van der Waals surface area contributed by atoms with Gasteiger partial charge >= 0.3 is 6.03 Å². The van der Waals surface area contributed by atoms with Crippen molar-refractivity contribution in [3.05, 3.63) is 59.9 Å². The summed E-state index contributed by atoms with van der Waals surface area (Å²) in [6.07, 6.45) is 1.08. The highest BCUT2D eigenvalue weighted by Crippen LogP contribution is 2.24. The Kier molecular flexibility index (Phi) is 6.47. The van der Waals surface area contributed by atoms with Crippen LogP contribution in [0.1, 0.15) is 12.0 Å². The first-order valence-corrected chi connectivity index (χ1v) is 9.25. The van der Waals surface area contributed by atoms with Crippen LogP contribution in [0.2, 0.25) is 0 Å². The van der Waals surface area contributed by atoms with Gasteiger partial charge in [-0.2, -0.15) is 0 Å². The number of carbonyl (C=O) groups is 2. The molecule has 1 heterocycles. The summed E-state index contributed by atoms with van der Waals surface area (Å²) in [7, 11) is 1.62. The second-order valence-electron chi connectivity index (χ2n) is 6.79. The molecule has 0 bridgehead atoms. The lowest BCUT2D eigenvalue weighted by Crippen LogP contribution is -2.39. The number of urea groups is 1. The number of methoxy groups -OCH3 is 1. The Labute approximate surface area is 163 Å². The third-order valence-electron chi connectivity index (χ3n) is 4.75. The maximum atomic E-state index is 13.0. The van der Waals surface area contributed by atoms with Gasteiger partial charge < -0.3 is 20.3 Å². The standard InChI is InChI=1S/C21H24FN3O3/c1-28-19-8-2-15(3-9-19)10-11-23-21(27)24-13-16-12-20(26)25(14-16)18-6-4-17(22)5-7-18/h2-9,16H,10-14H2,1H3,(H2,23,24,27). The topological polar surface area (TPSA) is 70.7 Å². The Morgan fingerprint density at radius 1 is 1.14 bits per heavy atom. The van der Waals surface area contributed by atoms with Crippen molar-refractivity contribution >= 4 is 17.6 Å². The van der Waals surface area contributed by atoms with Crippen molar-refractivity contribution in [2.75, 3.05) is 31.6 Å². The van der Waals surface area contributed by atoms with E-state index in [2.05, 4.69) is 10.6 Å². The Balaban J connectivity index is 1.38. The first kappa shape index (κ1) is 19.7. The molecule has 148 valence electrons. The summed E-state index contributed by atoms with van der Waals surface area (Å²) in [5, 5.41) is 5.64. The first-order valence-electron chi connectivity index (χ1n) is 9.25. The second kappa shape index (κ2) is 9.21. The van der Waals surface area contributed by atoms with Crippen molar-refractivity contribution < 1.29 is 18.7 Å². The molecule has 2 N–H and O–H groups in total. The van der Waals surface area contributed by atoms with Gasteiger partial charge in [0.05, 0.1) is 7.11 Å². The lowest BCUT2D eigenvalue weighted by Gasteiger charge is -2.17. The van der Waals surface area contributed by atoms with E-state index < -0.39 is 0 Å². The number of benzene rings is 2. The van der Waals surface area contributed by atoms with E-state index in [0.717, 1.165) is 17.7 Å². The average Bonchev–Trinajstić information content (AvgIpc) is 3.08. The molecule has 2 aromatic rings. The van der Waals surface area contributed by atoms with Gasteiger partial charge in [0.25, 0.3) is 0 Å². The van der Waals surface area contributed by atoms with E-state index in [9.17, 15) is 14.0 Å². The zero-order valence-corrected chi connectivity index (χ0v) is 15.8. The van der Waals surface area contributed by atoms with Crippen molar-refractivity contribution in [3.63, 3.8) is 0 Å². The third kappa shape index (κ3) is 5.22.